The minimum atomic E-state index is -4.28. The fraction of sp³-hybridized carbons (Fsp3) is 0. The third kappa shape index (κ3) is 3.36. The highest BCUT2D eigenvalue weighted by atomic mass is 32.2. The largest absolute Gasteiger partial charge is 0.507 e. The van der Waals surface area contributed by atoms with Crippen LogP contribution in [-0.2, 0) is 10.1 Å². The molecule has 0 bridgehead atoms. The zero-order valence-electron chi connectivity index (χ0n) is 11.8. The van der Waals surface area contributed by atoms with E-state index in [1.165, 1.54) is 18.2 Å². The quantitative estimate of drug-likeness (QED) is 0.555. The van der Waals surface area contributed by atoms with Crippen molar-refractivity contribution in [2.45, 2.75) is 4.90 Å². The van der Waals surface area contributed by atoms with E-state index in [-0.39, 0.29) is 16.3 Å². The standard InChI is InChI=1S/C16H12N2O4S/c19-16-6-1-3-11-7-8-13(10-15(11)16)18-17-12-4-2-5-14(9-12)23(20,21)22/h1-10,19H,(H,20,21,22). The van der Waals surface area contributed by atoms with E-state index in [0.717, 1.165) is 5.39 Å². The third-order valence-electron chi connectivity index (χ3n) is 3.24. The van der Waals surface area contributed by atoms with Gasteiger partial charge in [-0.15, -0.1) is 0 Å². The molecule has 6 nitrogen and oxygen atoms in total. The normalized spacial score (nSPS) is 12.0. The average molecular weight is 328 g/mol. The molecule has 0 aliphatic rings. The van der Waals surface area contributed by atoms with Crippen molar-refractivity contribution in [1.29, 1.82) is 0 Å². The van der Waals surface area contributed by atoms with Gasteiger partial charge in [-0.2, -0.15) is 18.6 Å². The Balaban J connectivity index is 1.96. The van der Waals surface area contributed by atoms with Crippen molar-refractivity contribution in [3.63, 3.8) is 0 Å². The van der Waals surface area contributed by atoms with Crippen LogP contribution in [0, 0.1) is 0 Å². The fourth-order valence-corrected chi connectivity index (χ4v) is 2.65. The molecule has 0 spiro atoms. The van der Waals surface area contributed by atoms with E-state index >= 15 is 0 Å². The first-order chi connectivity index (χ1) is 10.9. The van der Waals surface area contributed by atoms with Gasteiger partial charge in [-0.05, 0) is 41.8 Å². The summed E-state index contributed by atoms with van der Waals surface area (Å²) in [4.78, 5) is -0.245. The molecule has 0 unspecified atom stereocenters. The van der Waals surface area contributed by atoms with Gasteiger partial charge in [-0.3, -0.25) is 4.55 Å². The van der Waals surface area contributed by atoms with E-state index in [2.05, 4.69) is 10.2 Å². The van der Waals surface area contributed by atoms with E-state index in [0.29, 0.717) is 11.1 Å². The first-order valence-electron chi connectivity index (χ1n) is 6.64. The average Bonchev–Trinajstić information content (AvgIpc) is 2.53. The number of fused-ring (bicyclic) bond motifs is 1. The molecule has 0 fully saturated rings. The highest BCUT2D eigenvalue weighted by molar-refractivity contribution is 7.85. The molecular weight excluding hydrogens is 316 g/mol. The lowest BCUT2D eigenvalue weighted by atomic mass is 10.1. The second-order valence-corrected chi connectivity index (χ2v) is 6.28. The predicted molar refractivity (Wildman–Crippen MR) is 86.0 cm³/mol. The number of phenols is 1. The van der Waals surface area contributed by atoms with Gasteiger partial charge < -0.3 is 5.11 Å². The second-order valence-electron chi connectivity index (χ2n) is 4.85. The topological polar surface area (TPSA) is 99.3 Å². The number of nitrogens with zero attached hydrogens (tertiary/aromatic N) is 2. The van der Waals surface area contributed by atoms with Crippen LogP contribution in [-0.4, -0.2) is 18.1 Å². The monoisotopic (exact) mass is 328 g/mol. The summed E-state index contributed by atoms with van der Waals surface area (Å²) in [7, 11) is -4.28. The Morgan fingerprint density at radius 1 is 0.826 bits per heavy atom. The number of azo groups is 1. The Labute approximate surface area is 132 Å². The molecule has 0 aliphatic heterocycles. The van der Waals surface area contributed by atoms with Crippen LogP contribution in [0.2, 0.25) is 0 Å². The van der Waals surface area contributed by atoms with Crippen LogP contribution >= 0.6 is 0 Å². The van der Waals surface area contributed by atoms with E-state index in [9.17, 15) is 13.5 Å². The minimum absolute atomic E-state index is 0.146. The SMILES string of the molecule is O=S(=O)(O)c1cccc(N=Nc2ccc3cccc(O)c3c2)c1. The molecule has 3 rings (SSSR count). The first-order valence-corrected chi connectivity index (χ1v) is 8.08. The van der Waals surface area contributed by atoms with Gasteiger partial charge in [0.2, 0.25) is 0 Å². The Kier molecular flexibility index (Phi) is 3.81. The Bertz CT molecular complexity index is 1010. The minimum Gasteiger partial charge on any atom is -0.507 e. The molecule has 0 radical (unpaired) electrons. The molecule has 116 valence electrons. The molecule has 3 aromatic carbocycles. The zero-order chi connectivity index (χ0) is 16.4. The lowest BCUT2D eigenvalue weighted by Gasteiger charge is -2.01. The molecule has 23 heavy (non-hydrogen) atoms. The number of phenolic OH excluding ortho intramolecular Hbond substituents is 1. The number of aromatic hydroxyl groups is 1. The van der Waals surface area contributed by atoms with Gasteiger partial charge in [0.1, 0.15) is 5.75 Å². The Hall–Kier alpha value is -2.77. The van der Waals surface area contributed by atoms with Gasteiger partial charge in [0.15, 0.2) is 0 Å². The van der Waals surface area contributed by atoms with Crippen LogP contribution in [0.5, 0.6) is 5.75 Å². The number of hydrogen-bond acceptors (Lipinski definition) is 5. The summed E-state index contributed by atoms with van der Waals surface area (Å²) in [6.07, 6.45) is 0. The van der Waals surface area contributed by atoms with Crippen LogP contribution in [0.15, 0.2) is 75.8 Å². The molecular formula is C16H12N2O4S. The summed E-state index contributed by atoms with van der Waals surface area (Å²) in [5.74, 6) is 0.146. The zero-order valence-corrected chi connectivity index (χ0v) is 12.6. The summed E-state index contributed by atoms with van der Waals surface area (Å²) in [5.41, 5.74) is 0.800. The van der Waals surface area contributed by atoms with Crippen LogP contribution in [0.3, 0.4) is 0 Å². The predicted octanol–water partition coefficient (Wildman–Crippen LogP) is 4.21. The van der Waals surface area contributed by atoms with Crippen LogP contribution in [0.4, 0.5) is 11.4 Å². The number of rotatable bonds is 3. The highest BCUT2D eigenvalue weighted by Crippen LogP contribution is 2.29. The summed E-state index contributed by atoms with van der Waals surface area (Å²) >= 11 is 0. The van der Waals surface area contributed by atoms with Gasteiger partial charge >= 0.3 is 0 Å². The van der Waals surface area contributed by atoms with Crippen LogP contribution in [0.25, 0.3) is 10.8 Å². The van der Waals surface area contributed by atoms with Crippen LogP contribution in [0.1, 0.15) is 0 Å². The molecule has 0 saturated carbocycles. The van der Waals surface area contributed by atoms with E-state index in [4.69, 9.17) is 4.55 Å². The molecule has 2 N–H and O–H groups in total. The summed E-state index contributed by atoms with van der Waals surface area (Å²) in [6.45, 7) is 0. The van der Waals surface area contributed by atoms with E-state index in [1.807, 2.05) is 6.07 Å². The van der Waals surface area contributed by atoms with Gasteiger partial charge in [-0.25, -0.2) is 0 Å². The molecule has 7 heteroatoms. The first kappa shape index (κ1) is 15.1. The maximum atomic E-state index is 11.1. The molecule has 0 saturated heterocycles. The van der Waals surface area contributed by atoms with Gasteiger partial charge in [0.05, 0.1) is 16.3 Å². The number of hydrogen-bond donors (Lipinski definition) is 2. The molecule has 0 aromatic heterocycles. The van der Waals surface area contributed by atoms with Gasteiger partial charge in [0, 0.05) is 5.39 Å². The van der Waals surface area contributed by atoms with Crippen molar-refractivity contribution in [1.82, 2.24) is 0 Å². The second kappa shape index (κ2) is 5.79. The van der Waals surface area contributed by atoms with Crippen molar-refractivity contribution in [3.8, 4) is 5.75 Å². The van der Waals surface area contributed by atoms with E-state index < -0.39 is 10.1 Å². The molecule has 3 aromatic rings. The Morgan fingerprint density at radius 2 is 1.52 bits per heavy atom. The molecule has 0 amide bonds. The Morgan fingerprint density at radius 3 is 2.26 bits per heavy atom. The molecule has 0 atom stereocenters. The van der Waals surface area contributed by atoms with Crippen molar-refractivity contribution in [2.75, 3.05) is 0 Å². The maximum absolute atomic E-state index is 11.1. The lowest BCUT2D eigenvalue weighted by Crippen LogP contribution is -1.96. The summed E-state index contributed by atoms with van der Waals surface area (Å²) < 4.78 is 31.2. The van der Waals surface area contributed by atoms with Crippen LogP contribution < -0.4 is 0 Å². The van der Waals surface area contributed by atoms with Crippen molar-refractivity contribution in [2.24, 2.45) is 10.2 Å². The van der Waals surface area contributed by atoms with Crippen molar-refractivity contribution < 1.29 is 18.1 Å². The van der Waals surface area contributed by atoms with Crippen molar-refractivity contribution >= 4 is 32.3 Å². The molecule has 0 heterocycles. The van der Waals surface area contributed by atoms with Crippen molar-refractivity contribution in [3.05, 3.63) is 60.7 Å². The maximum Gasteiger partial charge on any atom is 0.294 e. The third-order valence-corrected chi connectivity index (χ3v) is 4.09. The summed E-state index contributed by atoms with van der Waals surface area (Å²) in [5, 5.41) is 19.3. The van der Waals surface area contributed by atoms with E-state index in [1.54, 1.807) is 36.4 Å². The highest BCUT2D eigenvalue weighted by Gasteiger charge is 2.09. The lowest BCUT2D eigenvalue weighted by molar-refractivity contribution is 0.481. The van der Waals surface area contributed by atoms with Gasteiger partial charge in [0.25, 0.3) is 10.1 Å². The number of benzene rings is 3. The summed E-state index contributed by atoms with van der Waals surface area (Å²) in [6, 6.07) is 15.9. The van der Waals surface area contributed by atoms with Gasteiger partial charge in [-0.1, -0.05) is 24.3 Å². The molecule has 0 aliphatic carbocycles. The smallest absolute Gasteiger partial charge is 0.294 e. The fourth-order valence-electron chi connectivity index (χ4n) is 2.13.